The standard InChI is InChI=1S/C24H26F3N3O10/c25-24(26,27)23(36)40-18(32)6-8-37-10-12-39-13-11-38-9-7-28-15-3-1-2-14-19(15)22(35)30(21(14)34)16-4-5-17(31)29-20(16)33/h1-3,16,28H,4-13H2,(H,29,31,33). The number of alkyl halides is 3. The molecule has 1 atom stereocenters. The van der Waals surface area contributed by atoms with Gasteiger partial charge < -0.3 is 24.3 Å². The highest BCUT2D eigenvalue weighted by molar-refractivity contribution is 6.25. The number of piperidine rings is 1. The van der Waals surface area contributed by atoms with Crippen LogP contribution in [0.2, 0.25) is 0 Å². The minimum atomic E-state index is -5.25. The molecule has 2 aliphatic rings. The number of benzene rings is 1. The Morgan fingerprint density at radius 2 is 1.60 bits per heavy atom. The van der Waals surface area contributed by atoms with Crippen molar-refractivity contribution in [2.45, 2.75) is 31.5 Å². The van der Waals surface area contributed by atoms with Crippen molar-refractivity contribution in [2.24, 2.45) is 0 Å². The van der Waals surface area contributed by atoms with Crippen LogP contribution in [0.1, 0.15) is 40.0 Å². The molecule has 4 amide bonds. The van der Waals surface area contributed by atoms with Gasteiger partial charge in [-0.15, -0.1) is 0 Å². The number of halogens is 3. The van der Waals surface area contributed by atoms with Crippen LogP contribution in [0, 0.1) is 0 Å². The van der Waals surface area contributed by atoms with Crippen LogP contribution in [0.3, 0.4) is 0 Å². The fourth-order valence-corrected chi connectivity index (χ4v) is 3.83. The molecule has 40 heavy (non-hydrogen) atoms. The monoisotopic (exact) mass is 573 g/mol. The summed E-state index contributed by atoms with van der Waals surface area (Å²) in [7, 11) is 0. The van der Waals surface area contributed by atoms with Crippen molar-refractivity contribution < 1.29 is 60.9 Å². The molecule has 1 fully saturated rings. The van der Waals surface area contributed by atoms with Gasteiger partial charge in [0.05, 0.1) is 57.2 Å². The maximum absolute atomic E-state index is 13.0. The summed E-state index contributed by atoms with van der Waals surface area (Å²) in [6, 6.07) is 3.65. The molecule has 0 radical (unpaired) electrons. The molecule has 218 valence electrons. The molecule has 0 aromatic heterocycles. The van der Waals surface area contributed by atoms with Crippen LogP contribution in [-0.2, 0) is 38.1 Å². The van der Waals surface area contributed by atoms with Gasteiger partial charge in [0, 0.05) is 18.7 Å². The number of anilines is 1. The summed E-state index contributed by atoms with van der Waals surface area (Å²) in [4.78, 5) is 72.0. The van der Waals surface area contributed by atoms with Crippen molar-refractivity contribution in [3.63, 3.8) is 0 Å². The summed E-state index contributed by atoms with van der Waals surface area (Å²) in [5.41, 5.74) is 0.693. The van der Waals surface area contributed by atoms with Crippen molar-refractivity contribution >= 4 is 41.3 Å². The average Bonchev–Trinajstić information content (AvgIpc) is 3.14. The van der Waals surface area contributed by atoms with Gasteiger partial charge in [-0.1, -0.05) is 6.07 Å². The van der Waals surface area contributed by atoms with E-state index in [1.807, 2.05) is 0 Å². The minimum Gasteiger partial charge on any atom is -0.386 e. The molecule has 2 heterocycles. The lowest BCUT2D eigenvalue weighted by molar-refractivity contribution is -0.202. The molecule has 1 saturated heterocycles. The topological polar surface area (TPSA) is 167 Å². The Balaban J connectivity index is 1.29. The molecule has 1 aromatic rings. The highest BCUT2D eigenvalue weighted by Crippen LogP contribution is 2.32. The van der Waals surface area contributed by atoms with E-state index in [-0.39, 0.29) is 70.2 Å². The van der Waals surface area contributed by atoms with Crippen molar-refractivity contribution in [3.05, 3.63) is 29.3 Å². The quantitative estimate of drug-likeness (QED) is 0.138. The van der Waals surface area contributed by atoms with Gasteiger partial charge in [0.2, 0.25) is 11.8 Å². The molecule has 0 saturated carbocycles. The van der Waals surface area contributed by atoms with E-state index in [0.29, 0.717) is 5.69 Å². The summed E-state index contributed by atoms with van der Waals surface area (Å²) in [5.74, 6) is -6.31. The third kappa shape index (κ3) is 8.06. The van der Waals surface area contributed by atoms with Crippen LogP contribution >= 0.6 is 0 Å². The van der Waals surface area contributed by atoms with Gasteiger partial charge in [0.1, 0.15) is 6.04 Å². The van der Waals surface area contributed by atoms with E-state index in [1.165, 1.54) is 6.07 Å². The van der Waals surface area contributed by atoms with Crippen LogP contribution < -0.4 is 10.6 Å². The van der Waals surface area contributed by atoms with Crippen LogP contribution in [0.25, 0.3) is 0 Å². The molecule has 13 nitrogen and oxygen atoms in total. The summed E-state index contributed by atoms with van der Waals surface area (Å²) in [6.45, 7) is 0.824. The number of rotatable bonds is 14. The maximum Gasteiger partial charge on any atom is 0.491 e. The zero-order chi connectivity index (χ0) is 29.3. The first-order chi connectivity index (χ1) is 19.0. The predicted octanol–water partition coefficient (Wildman–Crippen LogP) is 0.572. The lowest BCUT2D eigenvalue weighted by Crippen LogP contribution is -2.54. The van der Waals surface area contributed by atoms with E-state index >= 15 is 0 Å². The Hall–Kier alpha value is -3.89. The number of fused-ring (bicyclic) bond motifs is 1. The smallest absolute Gasteiger partial charge is 0.386 e. The Bertz CT molecular complexity index is 1160. The number of imide groups is 2. The number of hydrogen-bond acceptors (Lipinski definition) is 11. The molecule has 3 rings (SSSR count). The van der Waals surface area contributed by atoms with Crippen molar-refractivity contribution in [1.29, 1.82) is 0 Å². The number of carbonyl (C=O) groups is 6. The van der Waals surface area contributed by atoms with E-state index in [1.54, 1.807) is 12.1 Å². The molecule has 0 bridgehead atoms. The number of ether oxygens (including phenoxy) is 4. The molecule has 2 N–H and O–H groups in total. The summed E-state index contributed by atoms with van der Waals surface area (Å²) in [5, 5.41) is 5.18. The van der Waals surface area contributed by atoms with Gasteiger partial charge in [0.15, 0.2) is 0 Å². The van der Waals surface area contributed by atoms with Gasteiger partial charge in [0.25, 0.3) is 11.8 Å². The van der Waals surface area contributed by atoms with Gasteiger partial charge in [-0.3, -0.25) is 34.2 Å². The van der Waals surface area contributed by atoms with Crippen molar-refractivity contribution in [3.8, 4) is 0 Å². The van der Waals surface area contributed by atoms with E-state index in [4.69, 9.17) is 14.2 Å². The zero-order valence-electron chi connectivity index (χ0n) is 21.0. The second-order valence-corrected chi connectivity index (χ2v) is 8.45. The Kier molecular flexibility index (Phi) is 10.7. The molecule has 1 unspecified atom stereocenters. The number of amides is 4. The molecule has 0 spiro atoms. The molecule has 0 aliphatic carbocycles. The van der Waals surface area contributed by atoms with Crippen LogP contribution in [0.5, 0.6) is 0 Å². The molecular weight excluding hydrogens is 547 g/mol. The van der Waals surface area contributed by atoms with E-state index in [9.17, 15) is 41.9 Å². The third-order valence-corrected chi connectivity index (χ3v) is 5.66. The number of esters is 2. The fourth-order valence-electron chi connectivity index (χ4n) is 3.83. The number of nitrogens with one attached hydrogen (secondary N) is 2. The highest BCUT2D eigenvalue weighted by Gasteiger charge is 2.45. The largest absolute Gasteiger partial charge is 0.491 e. The van der Waals surface area contributed by atoms with Gasteiger partial charge in [-0.25, -0.2) is 4.79 Å². The van der Waals surface area contributed by atoms with Crippen LogP contribution in [-0.4, -0.2) is 98.9 Å². The van der Waals surface area contributed by atoms with Crippen molar-refractivity contribution in [2.75, 3.05) is 51.5 Å². The van der Waals surface area contributed by atoms with E-state index in [0.717, 1.165) is 4.90 Å². The first-order valence-electron chi connectivity index (χ1n) is 12.1. The number of carbonyl (C=O) groups excluding carboxylic acids is 6. The normalized spacial score (nSPS) is 17.1. The first-order valence-corrected chi connectivity index (χ1v) is 12.1. The average molecular weight is 573 g/mol. The van der Waals surface area contributed by atoms with Gasteiger partial charge >= 0.3 is 18.1 Å². The lowest BCUT2D eigenvalue weighted by Gasteiger charge is -2.27. The second kappa shape index (κ2) is 14.0. The van der Waals surface area contributed by atoms with Crippen molar-refractivity contribution in [1.82, 2.24) is 10.2 Å². The Labute approximate surface area is 225 Å². The lowest BCUT2D eigenvalue weighted by atomic mass is 10.0. The first kappa shape index (κ1) is 30.6. The minimum absolute atomic E-state index is 0.0248. The van der Waals surface area contributed by atoms with E-state index in [2.05, 4.69) is 15.4 Å². The predicted molar refractivity (Wildman–Crippen MR) is 126 cm³/mol. The molecule has 2 aliphatic heterocycles. The summed E-state index contributed by atoms with van der Waals surface area (Å²) in [6.07, 6.45) is -5.69. The summed E-state index contributed by atoms with van der Waals surface area (Å²) < 4.78 is 55.2. The molecular formula is C24H26F3N3O10. The zero-order valence-corrected chi connectivity index (χ0v) is 21.0. The maximum atomic E-state index is 13.0. The van der Waals surface area contributed by atoms with Crippen LogP contribution in [0.4, 0.5) is 18.9 Å². The van der Waals surface area contributed by atoms with E-state index < -0.39 is 54.2 Å². The SMILES string of the molecule is O=C1CCC(N2C(=O)c3cccc(NCCOCCOCCOCCC(=O)OC(=O)C(F)(F)F)c3C2=O)C(=O)N1. The molecule has 16 heteroatoms. The Morgan fingerprint density at radius 3 is 2.25 bits per heavy atom. The highest BCUT2D eigenvalue weighted by atomic mass is 19.4. The molecule has 1 aromatic carbocycles. The van der Waals surface area contributed by atoms with Gasteiger partial charge in [-0.2, -0.15) is 13.2 Å². The number of nitrogens with zero attached hydrogens (tertiary/aromatic N) is 1. The second-order valence-electron chi connectivity index (χ2n) is 8.45. The summed E-state index contributed by atoms with van der Waals surface area (Å²) >= 11 is 0. The fraction of sp³-hybridized carbons (Fsp3) is 0.500. The van der Waals surface area contributed by atoms with Gasteiger partial charge in [-0.05, 0) is 18.6 Å². The number of hydrogen-bond donors (Lipinski definition) is 2. The van der Waals surface area contributed by atoms with Crippen LogP contribution in [0.15, 0.2) is 18.2 Å². The third-order valence-electron chi connectivity index (χ3n) is 5.66. The Morgan fingerprint density at radius 1 is 0.950 bits per heavy atom.